The Kier molecular flexibility index (Phi) is 4.47. The smallest absolute Gasteiger partial charge is 0.126 e. The molecule has 4 heteroatoms. The lowest BCUT2D eigenvalue weighted by Gasteiger charge is -2.11. The number of hydrogen-bond donors (Lipinski definition) is 1. The summed E-state index contributed by atoms with van der Waals surface area (Å²) in [6.07, 6.45) is 0. The number of rotatable bonds is 2. The maximum atomic E-state index is 13.3. The molecular weight excluding hydrogens is 245 g/mol. The highest BCUT2D eigenvalue weighted by Crippen LogP contribution is 2.23. The molecule has 0 aliphatic carbocycles. The number of benzene rings is 1. The van der Waals surface area contributed by atoms with Crippen molar-refractivity contribution < 1.29 is 4.39 Å². The topological polar surface area (TPSA) is 26.0 Å². The predicted octanol–water partition coefficient (Wildman–Crippen LogP) is 3.67. The molecule has 0 bridgehead atoms. The number of hydrogen-bond acceptors (Lipinski definition) is 2. The van der Waals surface area contributed by atoms with E-state index in [0.717, 1.165) is 11.1 Å². The van der Waals surface area contributed by atoms with Gasteiger partial charge in [0.25, 0.3) is 0 Å². The zero-order chi connectivity index (χ0) is 10.8. The molecule has 1 heterocycles. The molecule has 0 saturated heterocycles. The van der Waals surface area contributed by atoms with Crippen LogP contribution in [0.5, 0.6) is 0 Å². The number of nitrogens with two attached hydrogens (primary N) is 1. The fraction of sp³-hybridized carbons (Fsp3) is 0.167. The zero-order valence-corrected chi connectivity index (χ0v) is 10.4. The molecule has 0 aliphatic rings. The van der Waals surface area contributed by atoms with Crippen LogP contribution >= 0.6 is 23.7 Å². The van der Waals surface area contributed by atoms with E-state index in [-0.39, 0.29) is 24.3 Å². The van der Waals surface area contributed by atoms with Crippen LogP contribution in [0.3, 0.4) is 0 Å². The molecular formula is C12H13ClFNS. The Morgan fingerprint density at radius 3 is 2.56 bits per heavy atom. The third-order valence-corrected chi connectivity index (χ3v) is 3.16. The first-order valence-corrected chi connectivity index (χ1v) is 5.66. The second-order valence-corrected chi connectivity index (χ2v) is 4.32. The molecule has 86 valence electrons. The molecule has 2 aromatic rings. The average molecular weight is 258 g/mol. The van der Waals surface area contributed by atoms with Crippen molar-refractivity contribution >= 4 is 23.7 Å². The minimum Gasteiger partial charge on any atom is -0.320 e. The highest BCUT2D eigenvalue weighted by atomic mass is 35.5. The lowest BCUT2D eigenvalue weighted by molar-refractivity contribution is 0.614. The van der Waals surface area contributed by atoms with E-state index < -0.39 is 0 Å². The summed E-state index contributed by atoms with van der Waals surface area (Å²) in [7, 11) is 0. The van der Waals surface area contributed by atoms with Crippen LogP contribution in [-0.4, -0.2) is 0 Å². The zero-order valence-electron chi connectivity index (χ0n) is 8.81. The predicted molar refractivity (Wildman–Crippen MR) is 68.7 cm³/mol. The van der Waals surface area contributed by atoms with Gasteiger partial charge >= 0.3 is 0 Å². The molecule has 0 unspecified atom stereocenters. The van der Waals surface area contributed by atoms with E-state index in [0.29, 0.717) is 5.56 Å². The van der Waals surface area contributed by atoms with Gasteiger partial charge in [-0.3, -0.25) is 0 Å². The van der Waals surface area contributed by atoms with Gasteiger partial charge in [0.15, 0.2) is 0 Å². The minimum atomic E-state index is -0.230. The van der Waals surface area contributed by atoms with Gasteiger partial charge < -0.3 is 5.73 Å². The molecule has 0 saturated carbocycles. The molecule has 1 atom stereocenters. The fourth-order valence-electron chi connectivity index (χ4n) is 1.45. The average Bonchev–Trinajstić information content (AvgIpc) is 2.74. The Labute approximate surface area is 105 Å². The normalized spacial score (nSPS) is 11.9. The van der Waals surface area contributed by atoms with E-state index in [2.05, 4.69) is 0 Å². The van der Waals surface area contributed by atoms with Crippen molar-refractivity contribution in [3.05, 3.63) is 57.5 Å². The lowest BCUT2D eigenvalue weighted by atomic mass is 10.0. The molecule has 0 aliphatic heterocycles. The highest BCUT2D eigenvalue weighted by Gasteiger charge is 2.10. The van der Waals surface area contributed by atoms with Crippen LogP contribution < -0.4 is 5.73 Å². The molecule has 0 radical (unpaired) electrons. The number of thiophene rings is 1. The largest absolute Gasteiger partial charge is 0.320 e. The lowest BCUT2D eigenvalue weighted by Crippen LogP contribution is -2.11. The summed E-state index contributed by atoms with van der Waals surface area (Å²) in [6, 6.07) is 6.88. The highest BCUT2D eigenvalue weighted by molar-refractivity contribution is 7.08. The van der Waals surface area contributed by atoms with Gasteiger partial charge in [0.2, 0.25) is 0 Å². The van der Waals surface area contributed by atoms with E-state index in [4.69, 9.17) is 5.73 Å². The van der Waals surface area contributed by atoms with Crippen LogP contribution in [-0.2, 0) is 0 Å². The standard InChI is InChI=1S/C12H12FNS.ClH/c1-8-2-3-9(6-11(8)13)12(14)10-4-5-15-7-10;/h2-7,12H,14H2,1H3;1H/t12-;/m1./s1. The van der Waals surface area contributed by atoms with E-state index in [9.17, 15) is 4.39 Å². The summed E-state index contributed by atoms with van der Waals surface area (Å²) in [5.41, 5.74) is 8.52. The molecule has 16 heavy (non-hydrogen) atoms. The third kappa shape index (κ3) is 2.61. The van der Waals surface area contributed by atoms with Crippen LogP contribution in [0, 0.1) is 12.7 Å². The van der Waals surface area contributed by atoms with Crippen molar-refractivity contribution in [2.45, 2.75) is 13.0 Å². The SMILES string of the molecule is Cc1ccc([C@@H](N)c2ccsc2)cc1F.Cl. The maximum Gasteiger partial charge on any atom is 0.126 e. The van der Waals surface area contributed by atoms with Gasteiger partial charge in [-0.05, 0) is 46.5 Å². The molecule has 1 aromatic heterocycles. The first-order chi connectivity index (χ1) is 7.18. The summed E-state index contributed by atoms with van der Waals surface area (Å²) in [4.78, 5) is 0. The van der Waals surface area contributed by atoms with Crippen LogP contribution in [0.1, 0.15) is 22.7 Å². The quantitative estimate of drug-likeness (QED) is 0.873. The molecule has 0 amide bonds. The summed E-state index contributed by atoms with van der Waals surface area (Å²) < 4.78 is 13.3. The molecule has 2 rings (SSSR count). The Hall–Kier alpha value is -0.900. The van der Waals surface area contributed by atoms with Gasteiger partial charge in [-0.15, -0.1) is 12.4 Å². The monoisotopic (exact) mass is 257 g/mol. The fourth-order valence-corrected chi connectivity index (χ4v) is 2.14. The van der Waals surface area contributed by atoms with Crippen LogP contribution in [0.4, 0.5) is 4.39 Å². The van der Waals surface area contributed by atoms with E-state index in [1.165, 1.54) is 6.07 Å². The first kappa shape index (κ1) is 13.2. The Morgan fingerprint density at radius 2 is 2.00 bits per heavy atom. The van der Waals surface area contributed by atoms with Gasteiger partial charge in [0.05, 0.1) is 6.04 Å². The summed E-state index contributed by atoms with van der Waals surface area (Å²) in [5, 5.41) is 3.96. The van der Waals surface area contributed by atoms with Crippen molar-refractivity contribution in [3.8, 4) is 0 Å². The van der Waals surface area contributed by atoms with Crippen LogP contribution in [0.15, 0.2) is 35.0 Å². The second-order valence-electron chi connectivity index (χ2n) is 3.54. The van der Waals surface area contributed by atoms with E-state index in [1.54, 1.807) is 24.3 Å². The Morgan fingerprint density at radius 1 is 1.25 bits per heavy atom. The Bertz CT molecular complexity index is 456. The van der Waals surface area contributed by atoms with Gasteiger partial charge in [0.1, 0.15) is 5.82 Å². The van der Waals surface area contributed by atoms with Crippen LogP contribution in [0.2, 0.25) is 0 Å². The molecule has 0 fully saturated rings. The number of halogens is 2. The summed E-state index contributed by atoms with van der Waals surface area (Å²) in [5.74, 6) is -0.196. The van der Waals surface area contributed by atoms with Crippen molar-refractivity contribution in [3.63, 3.8) is 0 Å². The van der Waals surface area contributed by atoms with Crippen LogP contribution in [0.25, 0.3) is 0 Å². The summed E-state index contributed by atoms with van der Waals surface area (Å²) in [6.45, 7) is 1.75. The molecule has 1 aromatic carbocycles. The third-order valence-electron chi connectivity index (χ3n) is 2.46. The van der Waals surface area contributed by atoms with E-state index in [1.807, 2.05) is 22.9 Å². The molecule has 2 N–H and O–H groups in total. The minimum absolute atomic E-state index is 0. The van der Waals surface area contributed by atoms with Gasteiger partial charge in [-0.1, -0.05) is 12.1 Å². The van der Waals surface area contributed by atoms with E-state index >= 15 is 0 Å². The second kappa shape index (κ2) is 5.43. The number of aryl methyl sites for hydroxylation is 1. The summed E-state index contributed by atoms with van der Waals surface area (Å²) >= 11 is 1.60. The van der Waals surface area contributed by atoms with Crippen molar-refractivity contribution in [2.24, 2.45) is 5.73 Å². The van der Waals surface area contributed by atoms with Crippen molar-refractivity contribution in [2.75, 3.05) is 0 Å². The molecule has 1 nitrogen and oxygen atoms in total. The van der Waals surface area contributed by atoms with Crippen molar-refractivity contribution in [1.82, 2.24) is 0 Å². The maximum absolute atomic E-state index is 13.3. The Balaban J connectivity index is 0.00000128. The van der Waals surface area contributed by atoms with Gasteiger partial charge in [0, 0.05) is 0 Å². The van der Waals surface area contributed by atoms with Gasteiger partial charge in [-0.2, -0.15) is 11.3 Å². The van der Waals surface area contributed by atoms with Crippen molar-refractivity contribution in [1.29, 1.82) is 0 Å². The van der Waals surface area contributed by atoms with Gasteiger partial charge in [-0.25, -0.2) is 4.39 Å². The molecule has 0 spiro atoms. The first-order valence-electron chi connectivity index (χ1n) is 4.72.